The van der Waals surface area contributed by atoms with E-state index in [9.17, 15) is 0 Å². The first-order chi connectivity index (χ1) is 6.29. The fourth-order valence-electron chi connectivity index (χ4n) is 1.09. The summed E-state index contributed by atoms with van der Waals surface area (Å²) >= 11 is 1.85. The van der Waals surface area contributed by atoms with Gasteiger partial charge in [-0.05, 0) is 10.8 Å². The van der Waals surface area contributed by atoms with Gasteiger partial charge in [-0.25, -0.2) is 0 Å². The molecule has 0 aliphatic carbocycles. The van der Waals surface area contributed by atoms with E-state index in [0.29, 0.717) is 10.8 Å². The molecule has 14 heavy (non-hydrogen) atoms. The lowest BCUT2D eigenvalue weighted by molar-refractivity contribution is 0.406. The number of hydrogen-bond donors (Lipinski definition) is 1. The Hall–Kier alpha value is -0.180. The molecular formula is C11H22N2S. The Bertz CT molecular complexity index is 226. The van der Waals surface area contributed by atoms with E-state index in [-0.39, 0.29) is 0 Å². The van der Waals surface area contributed by atoms with Crippen molar-refractivity contribution in [3.63, 3.8) is 0 Å². The summed E-state index contributed by atoms with van der Waals surface area (Å²) in [5, 5.41) is 4.54. The lowest BCUT2D eigenvalue weighted by Crippen LogP contribution is -2.35. The number of nitrogens with one attached hydrogen (secondary N) is 1. The van der Waals surface area contributed by atoms with Gasteiger partial charge in [0.05, 0.1) is 0 Å². The van der Waals surface area contributed by atoms with E-state index in [1.165, 1.54) is 5.75 Å². The molecule has 0 unspecified atom stereocenters. The monoisotopic (exact) mass is 214 g/mol. The summed E-state index contributed by atoms with van der Waals surface area (Å²) in [7, 11) is 0. The zero-order chi connectivity index (χ0) is 10.8. The lowest BCUT2D eigenvalue weighted by Gasteiger charge is -2.28. The second kappa shape index (κ2) is 4.13. The predicted molar refractivity (Wildman–Crippen MR) is 66.0 cm³/mol. The van der Waals surface area contributed by atoms with E-state index in [2.05, 4.69) is 44.9 Å². The number of nitrogens with zero attached hydrogens (tertiary/aromatic N) is 1. The van der Waals surface area contributed by atoms with Crippen LogP contribution in [0.5, 0.6) is 0 Å². The molecule has 1 rings (SSSR count). The summed E-state index contributed by atoms with van der Waals surface area (Å²) < 4.78 is 0. The molecule has 0 radical (unpaired) electrons. The Kier molecular flexibility index (Phi) is 3.51. The second-order valence-corrected chi connectivity index (χ2v) is 6.95. The maximum Gasteiger partial charge on any atom is 0.156 e. The summed E-state index contributed by atoms with van der Waals surface area (Å²) in [6, 6.07) is 0. The zero-order valence-electron chi connectivity index (χ0n) is 9.98. The molecule has 0 aromatic heterocycles. The molecule has 0 spiro atoms. The van der Waals surface area contributed by atoms with Gasteiger partial charge < -0.3 is 5.32 Å². The molecule has 0 saturated heterocycles. The van der Waals surface area contributed by atoms with E-state index in [1.54, 1.807) is 0 Å². The van der Waals surface area contributed by atoms with Crippen LogP contribution in [0.2, 0.25) is 0 Å². The predicted octanol–water partition coefficient (Wildman–Crippen LogP) is 2.75. The smallest absolute Gasteiger partial charge is 0.156 e. The Morgan fingerprint density at radius 1 is 1.43 bits per heavy atom. The topological polar surface area (TPSA) is 24.4 Å². The molecule has 1 aliphatic heterocycles. The Morgan fingerprint density at radius 2 is 2.07 bits per heavy atom. The molecule has 1 N–H and O–H groups in total. The fraction of sp³-hybridized carbons (Fsp3) is 0.909. The molecule has 0 amide bonds. The van der Waals surface area contributed by atoms with Crippen molar-refractivity contribution < 1.29 is 0 Å². The number of hydrogen-bond acceptors (Lipinski definition) is 3. The summed E-state index contributed by atoms with van der Waals surface area (Å²) in [4.78, 5) is 4.55. The van der Waals surface area contributed by atoms with E-state index < -0.39 is 0 Å². The van der Waals surface area contributed by atoms with Gasteiger partial charge in [0.2, 0.25) is 0 Å². The van der Waals surface area contributed by atoms with Gasteiger partial charge in [0.15, 0.2) is 5.17 Å². The van der Waals surface area contributed by atoms with Gasteiger partial charge in [-0.1, -0.05) is 46.4 Å². The number of amidine groups is 1. The van der Waals surface area contributed by atoms with Crippen LogP contribution >= 0.6 is 11.8 Å². The van der Waals surface area contributed by atoms with E-state index in [4.69, 9.17) is 0 Å². The first kappa shape index (κ1) is 11.9. The first-order valence-electron chi connectivity index (χ1n) is 5.20. The van der Waals surface area contributed by atoms with Crippen LogP contribution in [0.25, 0.3) is 0 Å². The van der Waals surface area contributed by atoms with Crippen LogP contribution in [0, 0.1) is 10.8 Å². The Labute approximate surface area is 92.0 Å². The molecule has 1 heterocycles. The highest BCUT2D eigenvalue weighted by atomic mass is 32.2. The maximum atomic E-state index is 4.55. The van der Waals surface area contributed by atoms with Crippen molar-refractivity contribution in [1.29, 1.82) is 0 Å². The number of aliphatic imine (C=N–C) groups is 1. The van der Waals surface area contributed by atoms with Crippen LogP contribution in [0.1, 0.15) is 34.6 Å². The summed E-state index contributed by atoms with van der Waals surface area (Å²) in [5.41, 5.74) is 0.702. The maximum absolute atomic E-state index is 4.55. The average Bonchev–Trinajstić information content (AvgIpc) is 2.01. The molecule has 0 atom stereocenters. The normalized spacial score (nSPS) is 21.6. The number of rotatable bonds is 1. The highest BCUT2D eigenvalue weighted by Gasteiger charge is 2.23. The molecule has 82 valence electrons. The van der Waals surface area contributed by atoms with Crippen molar-refractivity contribution in [1.82, 2.24) is 5.32 Å². The minimum atomic E-state index is 0.329. The minimum Gasteiger partial charge on any atom is -0.364 e. The molecular weight excluding hydrogens is 192 g/mol. The summed E-state index contributed by atoms with van der Waals surface area (Å²) in [6.07, 6.45) is 0. The highest BCUT2D eigenvalue weighted by Crippen LogP contribution is 2.27. The van der Waals surface area contributed by atoms with Crippen LogP contribution in [-0.4, -0.2) is 24.0 Å². The standard InChI is InChI=1S/C11H22N2S/c1-10(2,3)6-12-9-13-7-11(4,5)8-14-9/h6-8H2,1-5H3,(H,12,13). The van der Waals surface area contributed by atoms with Crippen molar-refractivity contribution in [3.8, 4) is 0 Å². The molecule has 0 aromatic carbocycles. The van der Waals surface area contributed by atoms with Gasteiger partial charge >= 0.3 is 0 Å². The van der Waals surface area contributed by atoms with Gasteiger partial charge in [0.1, 0.15) is 0 Å². The zero-order valence-corrected chi connectivity index (χ0v) is 10.8. The fourth-order valence-corrected chi connectivity index (χ4v) is 2.04. The molecule has 0 saturated carbocycles. The molecule has 3 heteroatoms. The summed E-state index contributed by atoms with van der Waals surface area (Å²) in [5.74, 6) is 1.17. The van der Waals surface area contributed by atoms with Crippen molar-refractivity contribution in [2.24, 2.45) is 15.8 Å². The minimum absolute atomic E-state index is 0.329. The van der Waals surface area contributed by atoms with Crippen LogP contribution in [-0.2, 0) is 0 Å². The van der Waals surface area contributed by atoms with E-state index >= 15 is 0 Å². The quantitative estimate of drug-likeness (QED) is 0.726. The number of thioether (sulfide) groups is 1. The van der Waals surface area contributed by atoms with Crippen molar-refractivity contribution in [2.45, 2.75) is 34.6 Å². The third-order valence-corrected chi connectivity index (χ3v) is 3.49. The molecule has 0 aromatic rings. The Morgan fingerprint density at radius 3 is 2.50 bits per heavy atom. The van der Waals surface area contributed by atoms with E-state index in [1.807, 2.05) is 11.8 Å². The van der Waals surface area contributed by atoms with Crippen LogP contribution in [0.15, 0.2) is 4.99 Å². The third-order valence-electron chi connectivity index (χ3n) is 2.02. The van der Waals surface area contributed by atoms with Gasteiger partial charge in [0, 0.05) is 18.8 Å². The molecule has 0 fully saturated rings. The largest absolute Gasteiger partial charge is 0.364 e. The van der Waals surface area contributed by atoms with Gasteiger partial charge in [-0.15, -0.1) is 0 Å². The first-order valence-corrected chi connectivity index (χ1v) is 6.18. The van der Waals surface area contributed by atoms with Crippen molar-refractivity contribution in [2.75, 3.05) is 18.8 Å². The lowest BCUT2D eigenvalue weighted by atomic mass is 9.97. The summed E-state index contributed by atoms with van der Waals surface area (Å²) in [6.45, 7) is 13.2. The van der Waals surface area contributed by atoms with Crippen LogP contribution in [0.3, 0.4) is 0 Å². The van der Waals surface area contributed by atoms with Crippen molar-refractivity contribution >= 4 is 16.9 Å². The van der Waals surface area contributed by atoms with E-state index in [0.717, 1.165) is 18.3 Å². The van der Waals surface area contributed by atoms with Gasteiger partial charge in [0.25, 0.3) is 0 Å². The van der Waals surface area contributed by atoms with Crippen LogP contribution in [0.4, 0.5) is 0 Å². The third kappa shape index (κ3) is 4.36. The average molecular weight is 214 g/mol. The van der Waals surface area contributed by atoms with Crippen LogP contribution < -0.4 is 5.32 Å². The Balaban J connectivity index is 2.38. The van der Waals surface area contributed by atoms with Crippen molar-refractivity contribution in [3.05, 3.63) is 0 Å². The highest BCUT2D eigenvalue weighted by molar-refractivity contribution is 8.13. The SMILES string of the molecule is CC(C)(C)CNC1=NCC(C)(C)CS1. The molecule has 2 nitrogen and oxygen atoms in total. The second-order valence-electron chi connectivity index (χ2n) is 5.99. The molecule has 0 bridgehead atoms. The van der Waals surface area contributed by atoms with Gasteiger partial charge in [-0.2, -0.15) is 0 Å². The molecule has 1 aliphatic rings. The van der Waals surface area contributed by atoms with Gasteiger partial charge in [-0.3, -0.25) is 4.99 Å².